The third kappa shape index (κ3) is 3.35. The van der Waals surface area contributed by atoms with E-state index in [9.17, 15) is 0 Å². The van der Waals surface area contributed by atoms with E-state index in [2.05, 4.69) is 19.2 Å². The zero-order chi connectivity index (χ0) is 14.0. The van der Waals surface area contributed by atoms with Crippen molar-refractivity contribution in [3.8, 4) is 0 Å². The second kappa shape index (κ2) is 6.29. The van der Waals surface area contributed by atoms with Crippen LogP contribution in [0.25, 0.3) is 0 Å². The SMILES string of the molecule is CCC1CCC(N=C2NC3(CCCC(C)C3)CS2)CC1. The first-order valence-electron chi connectivity index (χ1n) is 8.68. The molecule has 2 unspecified atom stereocenters. The normalized spacial score (nSPS) is 43.9. The van der Waals surface area contributed by atoms with Crippen LogP contribution in [0.4, 0.5) is 0 Å². The molecule has 0 amide bonds. The van der Waals surface area contributed by atoms with Crippen molar-refractivity contribution in [2.45, 2.75) is 83.2 Å². The van der Waals surface area contributed by atoms with Gasteiger partial charge in [-0.25, -0.2) is 0 Å². The summed E-state index contributed by atoms with van der Waals surface area (Å²) in [6.07, 6.45) is 12.3. The fourth-order valence-corrected chi connectivity index (χ4v) is 5.59. The van der Waals surface area contributed by atoms with Gasteiger partial charge in [-0.05, 0) is 50.4 Å². The fraction of sp³-hybridized carbons (Fsp3) is 0.941. The maximum atomic E-state index is 5.05. The lowest BCUT2D eigenvalue weighted by molar-refractivity contribution is 0.242. The smallest absolute Gasteiger partial charge is 0.157 e. The van der Waals surface area contributed by atoms with Crippen LogP contribution in [0.2, 0.25) is 0 Å². The first-order valence-corrected chi connectivity index (χ1v) is 9.66. The van der Waals surface area contributed by atoms with Crippen LogP contribution < -0.4 is 5.32 Å². The Morgan fingerprint density at radius 1 is 1.25 bits per heavy atom. The summed E-state index contributed by atoms with van der Waals surface area (Å²) in [4.78, 5) is 5.05. The molecule has 3 aliphatic rings. The van der Waals surface area contributed by atoms with Gasteiger partial charge < -0.3 is 5.32 Å². The molecule has 1 N–H and O–H groups in total. The molecular formula is C17H30N2S. The van der Waals surface area contributed by atoms with E-state index < -0.39 is 0 Å². The Balaban J connectivity index is 1.55. The predicted octanol–water partition coefficient (Wildman–Crippen LogP) is 4.60. The minimum atomic E-state index is 0.391. The zero-order valence-electron chi connectivity index (χ0n) is 13.2. The Morgan fingerprint density at radius 3 is 2.75 bits per heavy atom. The number of nitrogens with one attached hydrogen (secondary N) is 1. The molecule has 1 heterocycles. The van der Waals surface area contributed by atoms with Gasteiger partial charge in [0.2, 0.25) is 0 Å². The van der Waals surface area contributed by atoms with Crippen molar-refractivity contribution in [3.05, 3.63) is 0 Å². The molecule has 20 heavy (non-hydrogen) atoms. The lowest BCUT2D eigenvalue weighted by Crippen LogP contribution is -2.47. The van der Waals surface area contributed by atoms with Gasteiger partial charge in [-0.15, -0.1) is 0 Å². The van der Waals surface area contributed by atoms with E-state index in [1.165, 1.54) is 68.7 Å². The monoisotopic (exact) mass is 294 g/mol. The molecule has 2 atom stereocenters. The highest BCUT2D eigenvalue weighted by Crippen LogP contribution is 2.39. The average Bonchev–Trinajstić information content (AvgIpc) is 2.82. The van der Waals surface area contributed by atoms with Crippen molar-refractivity contribution in [2.75, 3.05) is 5.75 Å². The Kier molecular flexibility index (Phi) is 4.64. The molecule has 1 aliphatic heterocycles. The quantitative estimate of drug-likeness (QED) is 0.805. The second-order valence-corrected chi connectivity index (χ2v) is 8.38. The zero-order valence-corrected chi connectivity index (χ0v) is 14.0. The average molecular weight is 295 g/mol. The van der Waals surface area contributed by atoms with E-state index in [1.54, 1.807) is 0 Å². The molecule has 0 aromatic rings. The lowest BCUT2D eigenvalue weighted by atomic mass is 9.78. The van der Waals surface area contributed by atoms with Crippen molar-refractivity contribution in [1.82, 2.24) is 5.32 Å². The summed E-state index contributed by atoms with van der Waals surface area (Å²) < 4.78 is 0. The van der Waals surface area contributed by atoms with Crippen LogP contribution in [0, 0.1) is 11.8 Å². The van der Waals surface area contributed by atoms with Crippen LogP contribution in [0.3, 0.4) is 0 Å². The molecule has 114 valence electrons. The van der Waals surface area contributed by atoms with Crippen LogP contribution >= 0.6 is 11.8 Å². The summed E-state index contributed by atoms with van der Waals surface area (Å²) in [5.41, 5.74) is 0.391. The maximum Gasteiger partial charge on any atom is 0.157 e. The highest BCUT2D eigenvalue weighted by molar-refractivity contribution is 8.14. The van der Waals surface area contributed by atoms with E-state index >= 15 is 0 Å². The first-order chi connectivity index (χ1) is 9.69. The third-order valence-electron chi connectivity index (χ3n) is 5.64. The van der Waals surface area contributed by atoms with Crippen LogP contribution in [-0.2, 0) is 0 Å². The highest BCUT2D eigenvalue weighted by Gasteiger charge is 2.40. The molecule has 3 heteroatoms. The number of aliphatic imine (C=N–C) groups is 1. The van der Waals surface area contributed by atoms with E-state index in [-0.39, 0.29) is 0 Å². The predicted molar refractivity (Wildman–Crippen MR) is 89.4 cm³/mol. The molecule has 0 bridgehead atoms. The van der Waals surface area contributed by atoms with Gasteiger partial charge in [0.25, 0.3) is 0 Å². The van der Waals surface area contributed by atoms with Gasteiger partial charge in [-0.3, -0.25) is 4.99 Å². The summed E-state index contributed by atoms with van der Waals surface area (Å²) in [7, 11) is 0. The minimum Gasteiger partial charge on any atom is -0.359 e. The molecule has 3 fully saturated rings. The summed E-state index contributed by atoms with van der Waals surface area (Å²) in [5.74, 6) is 3.11. The Bertz CT molecular complexity index is 360. The van der Waals surface area contributed by atoms with Gasteiger partial charge in [0.1, 0.15) is 0 Å². The lowest BCUT2D eigenvalue weighted by Gasteiger charge is -2.36. The molecule has 2 saturated carbocycles. The molecular weight excluding hydrogens is 264 g/mol. The third-order valence-corrected chi connectivity index (χ3v) is 6.82. The molecule has 1 spiro atoms. The Morgan fingerprint density at radius 2 is 2.05 bits per heavy atom. The number of amidine groups is 1. The van der Waals surface area contributed by atoms with E-state index in [0.29, 0.717) is 11.6 Å². The van der Waals surface area contributed by atoms with Crippen molar-refractivity contribution >= 4 is 16.9 Å². The summed E-state index contributed by atoms with van der Waals surface area (Å²) in [5, 5.41) is 5.09. The number of thioether (sulfide) groups is 1. The van der Waals surface area contributed by atoms with Gasteiger partial charge in [-0.2, -0.15) is 0 Å². The van der Waals surface area contributed by atoms with E-state index in [0.717, 1.165) is 11.8 Å². The van der Waals surface area contributed by atoms with Crippen molar-refractivity contribution in [2.24, 2.45) is 16.8 Å². The number of hydrogen-bond acceptors (Lipinski definition) is 2. The van der Waals surface area contributed by atoms with Crippen molar-refractivity contribution in [3.63, 3.8) is 0 Å². The Labute approximate surface area is 128 Å². The Hall–Kier alpha value is -0.180. The summed E-state index contributed by atoms with van der Waals surface area (Å²) in [6, 6.07) is 0.601. The van der Waals surface area contributed by atoms with Gasteiger partial charge in [0.05, 0.1) is 6.04 Å². The van der Waals surface area contributed by atoms with Gasteiger partial charge in [0, 0.05) is 11.3 Å². The molecule has 2 nitrogen and oxygen atoms in total. The molecule has 0 aromatic carbocycles. The minimum absolute atomic E-state index is 0.391. The largest absolute Gasteiger partial charge is 0.359 e. The molecule has 3 rings (SSSR count). The van der Waals surface area contributed by atoms with Crippen LogP contribution in [0.5, 0.6) is 0 Å². The molecule has 0 aromatic heterocycles. The summed E-state index contributed by atoms with van der Waals surface area (Å²) >= 11 is 1.99. The highest BCUT2D eigenvalue weighted by atomic mass is 32.2. The molecule has 0 radical (unpaired) electrons. The fourth-order valence-electron chi connectivity index (χ4n) is 4.33. The molecule has 1 saturated heterocycles. The number of rotatable bonds is 2. The summed E-state index contributed by atoms with van der Waals surface area (Å²) in [6.45, 7) is 4.74. The van der Waals surface area contributed by atoms with Crippen LogP contribution in [0.15, 0.2) is 4.99 Å². The van der Waals surface area contributed by atoms with Crippen molar-refractivity contribution < 1.29 is 0 Å². The standard InChI is InChI=1S/C17H30N2S/c1-3-14-6-8-15(9-7-14)18-16-19-17(12-20-16)10-4-5-13(2)11-17/h13-15H,3-12H2,1-2H3,(H,18,19). The van der Waals surface area contributed by atoms with Crippen LogP contribution in [0.1, 0.15) is 71.6 Å². The van der Waals surface area contributed by atoms with Crippen molar-refractivity contribution in [1.29, 1.82) is 0 Å². The van der Waals surface area contributed by atoms with Gasteiger partial charge in [-0.1, -0.05) is 44.9 Å². The number of hydrogen-bond donors (Lipinski definition) is 1. The maximum absolute atomic E-state index is 5.05. The van der Waals surface area contributed by atoms with Gasteiger partial charge in [0.15, 0.2) is 5.17 Å². The van der Waals surface area contributed by atoms with Crippen LogP contribution in [-0.4, -0.2) is 22.5 Å². The van der Waals surface area contributed by atoms with E-state index in [1.807, 2.05) is 11.8 Å². The molecule has 2 aliphatic carbocycles. The topological polar surface area (TPSA) is 24.4 Å². The first kappa shape index (κ1) is 14.7. The number of nitrogens with zero attached hydrogens (tertiary/aromatic N) is 1. The van der Waals surface area contributed by atoms with E-state index in [4.69, 9.17) is 4.99 Å². The van der Waals surface area contributed by atoms with Gasteiger partial charge >= 0.3 is 0 Å². The second-order valence-electron chi connectivity index (χ2n) is 7.41.